The third kappa shape index (κ3) is 4.44. The molecule has 0 aromatic rings. The first kappa shape index (κ1) is 15.8. The summed E-state index contributed by atoms with van der Waals surface area (Å²) in [5, 5.41) is 12.7. The standard InChI is InChI=1S/C13H26N2O2S/c1-10(2)15-13(12(14)17)6-3-5-11(9-13)18-8-4-7-16/h10-11,15-16H,3-9H2,1-2H3,(H2,14,17). The van der Waals surface area contributed by atoms with E-state index >= 15 is 0 Å². The average Bonchev–Trinajstić information content (AvgIpc) is 2.28. The molecular weight excluding hydrogens is 248 g/mol. The first-order valence-electron chi connectivity index (χ1n) is 6.80. The summed E-state index contributed by atoms with van der Waals surface area (Å²) in [5.74, 6) is 0.737. The molecule has 0 spiro atoms. The molecule has 1 fully saturated rings. The van der Waals surface area contributed by atoms with Crippen LogP contribution in [-0.2, 0) is 4.79 Å². The molecule has 0 saturated heterocycles. The Hall–Kier alpha value is -0.260. The van der Waals surface area contributed by atoms with Crippen molar-refractivity contribution in [2.75, 3.05) is 12.4 Å². The van der Waals surface area contributed by atoms with E-state index in [4.69, 9.17) is 10.8 Å². The van der Waals surface area contributed by atoms with Gasteiger partial charge in [0.25, 0.3) is 0 Å². The Morgan fingerprint density at radius 3 is 2.89 bits per heavy atom. The van der Waals surface area contributed by atoms with E-state index in [1.165, 1.54) is 0 Å². The fraction of sp³-hybridized carbons (Fsp3) is 0.923. The SMILES string of the molecule is CC(C)NC1(C(N)=O)CCCC(SCCCO)C1. The van der Waals surface area contributed by atoms with Crippen molar-refractivity contribution in [3.8, 4) is 0 Å². The Bertz CT molecular complexity index is 274. The molecule has 1 amide bonds. The second-order valence-corrected chi connectivity index (χ2v) is 6.82. The minimum Gasteiger partial charge on any atom is -0.396 e. The largest absolute Gasteiger partial charge is 0.396 e. The number of aliphatic hydroxyl groups is 1. The lowest BCUT2D eigenvalue weighted by Crippen LogP contribution is -2.60. The normalized spacial score (nSPS) is 28.6. The van der Waals surface area contributed by atoms with Gasteiger partial charge in [-0.15, -0.1) is 0 Å². The highest BCUT2D eigenvalue weighted by Crippen LogP contribution is 2.35. The molecule has 4 nitrogen and oxygen atoms in total. The van der Waals surface area contributed by atoms with Gasteiger partial charge in [-0.3, -0.25) is 4.79 Å². The van der Waals surface area contributed by atoms with Crippen molar-refractivity contribution in [2.45, 2.75) is 62.8 Å². The number of thioether (sulfide) groups is 1. The Balaban J connectivity index is 2.59. The van der Waals surface area contributed by atoms with Crippen molar-refractivity contribution >= 4 is 17.7 Å². The maximum Gasteiger partial charge on any atom is 0.237 e. The van der Waals surface area contributed by atoms with Crippen molar-refractivity contribution in [2.24, 2.45) is 5.73 Å². The smallest absolute Gasteiger partial charge is 0.237 e. The van der Waals surface area contributed by atoms with E-state index in [9.17, 15) is 4.79 Å². The van der Waals surface area contributed by atoms with E-state index in [1.54, 1.807) is 0 Å². The summed E-state index contributed by atoms with van der Waals surface area (Å²) in [4.78, 5) is 11.8. The summed E-state index contributed by atoms with van der Waals surface area (Å²) in [7, 11) is 0. The van der Waals surface area contributed by atoms with Crippen LogP contribution in [0.25, 0.3) is 0 Å². The molecule has 0 aliphatic heterocycles. The van der Waals surface area contributed by atoms with Crippen molar-refractivity contribution in [1.29, 1.82) is 0 Å². The topological polar surface area (TPSA) is 75.3 Å². The van der Waals surface area contributed by atoms with Crippen LogP contribution in [0.5, 0.6) is 0 Å². The van der Waals surface area contributed by atoms with Crippen LogP contribution in [0.3, 0.4) is 0 Å². The number of nitrogens with one attached hydrogen (secondary N) is 1. The Labute approximate surface area is 114 Å². The Morgan fingerprint density at radius 2 is 2.33 bits per heavy atom. The van der Waals surface area contributed by atoms with Gasteiger partial charge in [0, 0.05) is 17.9 Å². The van der Waals surface area contributed by atoms with Crippen LogP contribution in [-0.4, -0.2) is 40.2 Å². The number of hydrogen-bond donors (Lipinski definition) is 3. The first-order chi connectivity index (χ1) is 8.50. The Kier molecular flexibility index (Phi) is 6.46. The minimum atomic E-state index is -0.525. The summed E-state index contributed by atoms with van der Waals surface area (Å²) >= 11 is 1.86. The van der Waals surface area contributed by atoms with Gasteiger partial charge in [-0.2, -0.15) is 11.8 Å². The van der Waals surface area contributed by atoms with Crippen molar-refractivity contribution < 1.29 is 9.90 Å². The first-order valence-corrected chi connectivity index (χ1v) is 7.85. The molecule has 0 aromatic carbocycles. The molecule has 0 radical (unpaired) electrons. The number of aliphatic hydroxyl groups excluding tert-OH is 1. The van der Waals surface area contributed by atoms with Gasteiger partial charge in [-0.05, 0) is 51.7 Å². The monoisotopic (exact) mass is 274 g/mol. The molecule has 1 aliphatic rings. The number of amides is 1. The zero-order valence-corrected chi connectivity index (χ0v) is 12.3. The molecule has 18 heavy (non-hydrogen) atoms. The molecular formula is C13H26N2O2S. The second-order valence-electron chi connectivity index (χ2n) is 5.41. The maximum atomic E-state index is 11.8. The quantitative estimate of drug-likeness (QED) is 0.611. The number of hydrogen-bond acceptors (Lipinski definition) is 4. The van der Waals surface area contributed by atoms with Gasteiger partial charge in [0.05, 0.1) is 5.54 Å². The van der Waals surface area contributed by atoms with Crippen LogP contribution in [0.1, 0.15) is 46.0 Å². The molecule has 1 saturated carbocycles. The van der Waals surface area contributed by atoms with E-state index in [1.807, 2.05) is 25.6 Å². The van der Waals surface area contributed by atoms with Crippen molar-refractivity contribution in [3.05, 3.63) is 0 Å². The summed E-state index contributed by atoms with van der Waals surface area (Å²) in [6.07, 6.45) is 4.67. The number of nitrogens with two attached hydrogens (primary N) is 1. The van der Waals surface area contributed by atoms with Gasteiger partial charge in [0.15, 0.2) is 0 Å². The molecule has 2 unspecified atom stereocenters. The molecule has 0 heterocycles. The van der Waals surface area contributed by atoms with Crippen molar-refractivity contribution in [3.63, 3.8) is 0 Å². The molecule has 106 valence electrons. The molecule has 0 aromatic heterocycles. The van der Waals surface area contributed by atoms with E-state index in [-0.39, 0.29) is 18.6 Å². The van der Waals surface area contributed by atoms with Crippen LogP contribution in [0.15, 0.2) is 0 Å². The number of rotatable bonds is 7. The lowest BCUT2D eigenvalue weighted by molar-refractivity contribution is -0.126. The van der Waals surface area contributed by atoms with Gasteiger partial charge in [-0.1, -0.05) is 0 Å². The van der Waals surface area contributed by atoms with E-state index < -0.39 is 5.54 Å². The lowest BCUT2D eigenvalue weighted by Gasteiger charge is -2.40. The number of primary amides is 1. The van der Waals surface area contributed by atoms with Gasteiger partial charge in [0.1, 0.15) is 0 Å². The van der Waals surface area contributed by atoms with E-state index in [0.717, 1.165) is 37.9 Å². The third-order valence-corrected chi connectivity index (χ3v) is 4.80. The molecule has 1 rings (SSSR count). The molecule has 5 heteroatoms. The van der Waals surface area contributed by atoms with Gasteiger partial charge < -0.3 is 16.2 Å². The highest BCUT2D eigenvalue weighted by molar-refractivity contribution is 7.99. The maximum absolute atomic E-state index is 11.8. The Morgan fingerprint density at radius 1 is 1.61 bits per heavy atom. The third-order valence-electron chi connectivity index (χ3n) is 3.40. The molecule has 2 atom stereocenters. The van der Waals surface area contributed by atoms with Crippen LogP contribution >= 0.6 is 11.8 Å². The summed E-state index contributed by atoms with van der Waals surface area (Å²) < 4.78 is 0. The number of carbonyl (C=O) groups is 1. The second kappa shape index (κ2) is 7.36. The summed E-state index contributed by atoms with van der Waals surface area (Å²) in [6.45, 7) is 4.34. The highest BCUT2D eigenvalue weighted by atomic mass is 32.2. The summed E-state index contributed by atoms with van der Waals surface area (Å²) in [5.41, 5.74) is 5.09. The van der Waals surface area contributed by atoms with Crippen LogP contribution < -0.4 is 11.1 Å². The zero-order chi connectivity index (χ0) is 13.6. The highest BCUT2D eigenvalue weighted by Gasteiger charge is 2.41. The van der Waals surface area contributed by atoms with Gasteiger partial charge in [0.2, 0.25) is 5.91 Å². The molecule has 0 bridgehead atoms. The van der Waals surface area contributed by atoms with Crippen LogP contribution in [0.2, 0.25) is 0 Å². The van der Waals surface area contributed by atoms with E-state index in [2.05, 4.69) is 5.32 Å². The van der Waals surface area contributed by atoms with E-state index in [0.29, 0.717) is 5.25 Å². The van der Waals surface area contributed by atoms with Crippen molar-refractivity contribution in [1.82, 2.24) is 5.32 Å². The fourth-order valence-electron chi connectivity index (χ4n) is 2.66. The predicted molar refractivity (Wildman–Crippen MR) is 76.6 cm³/mol. The minimum absolute atomic E-state index is 0.219. The average molecular weight is 274 g/mol. The lowest BCUT2D eigenvalue weighted by atomic mass is 9.80. The predicted octanol–water partition coefficient (Wildman–Crippen LogP) is 1.27. The summed E-state index contributed by atoms with van der Waals surface area (Å²) in [6, 6.07) is 0.263. The van der Waals surface area contributed by atoms with Crippen LogP contribution in [0, 0.1) is 0 Å². The molecule has 1 aliphatic carbocycles. The van der Waals surface area contributed by atoms with Gasteiger partial charge >= 0.3 is 0 Å². The molecule has 4 N–H and O–H groups in total. The van der Waals surface area contributed by atoms with Gasteiger partial charge in [-0.25, -0.2) is 0 Å². The fourth-order valence-corrected chi connectivity index (χ4v) is 4.02. The number of carbonyl (C=O) groups excluding carboxylic acids is 1. The van der Waals surface area contributed by atoms with Crippen LogP contribution in [0.4, 0.5) is 0 Å². The zero-order valence-electron chi connectivity index (χ0n) is 11.4.